The van der Waals surface area contributed by atoms with Crippen LogP contribution in [0.1, 0.15) is 30.3 Å². The van der Waals surface area contributed by atoms with Crippen molar-refractivity contribution in [3.8, 4) is 11.6 Å². The van der Waals surface area contributed by atoms with Gasteiger partial charge in [0, 0.05) is 6.54 Å². The Morgan fingerprint density at radius 2 is 2.33 bits per heavy atom. The molecule has 2 aromatic rings. The predicted molar refractivity (Wildman–Crippen MR) is 62.1 cm³/mol. The van der Waals surface area contributed by atoms with E-state index in [1.807, 2.05) is 23.6 Å². The van der Waals surface area contributed by atoms with Crippen LogP contribution in [0.25, 0.3) is 11.6 Å². The molecule has 0 spiro atoms. The molecular formula is C12H13N3O3. The molecular weight excluding hydrogens is 234 g/mol. The lowest BCUT2D eigenvalue weighted by Gasteiger charge is -2.19. The lowest BCUT2D eigenvalue weighted by atomic mass is 9.99. The lowest BCUT2D eigenvalue weighted by Crippen LogP contribution is -2.22. The van der Waals surface area contributed by atoms with Gasteiger partial charge in [0.15, 0.2) is 11.6 Å². The Morgan fingerprint density at radius 1 is 1.50 bits per heavy atom. The van der Waals surface area contributed by atoms with Crippen LogP contribution in [0.2, 0.25) is 0 Å². The number of aliphatic carboxylic acids is 1. The Morgan fingerprint density at radius 3 is 3.00 bits per heavy atom. The van der Waals surface area contributed by atoms with E-state index in [2.05, 4.69) is 10.2 Å². The van der Waals surface area contributed by atoms with Gasteiger partial charge in [0.2, 0.25) is 0 Å². The van der Waals surface area contributed by atoms with Gasteiger partial charge in [-0.05, 0) is 31.9 Å². The summed E-state index contributed by atoms with van der Waals surface area (Å²) in [6.45, 7) is 2.60. The molecule has 1 unspecified atom stereocenters. The zero-order valence-corrected chi connectivity index (χ0v) is 9.96. The molecule has 18 heavy (non-hydrogen) atoms. The third-order valence-corrected chi connectivity index (χ3v) is 3.22. The molecule has 0 fully saturated rings. The number of nitrogens with zero attached hydrogens (tertiary/aromatic N) is 3. The van der Waals surface area contributed by atoms with E-state index in [0.29, 0.717) is 23.8 Å². The van der Waals surface area contributed by atoms with Crippen molar-refractivity contribution in [1.82, 2.24) is 14.8 Å². The average molecular weight is 247 g/mol. The van der Waals surface area contributed by atoms with Gasteiger partial charge in [0.05, 0.1) is 0 Å². The Kier molecular flexibility index (Phi) is 2.43. The van der Waals surface area contributed by atoms with Gasteiger partial charge in [0.25, 0.3) is 0 Å². The van der Waals surface area contributed by atoms with E-state index in [-0.39, 0.29) is 0 Å². The highest BCUT2D eigenvalue weighted by Crippen LogP contribution is 2.30. The van der Waals surface area contributed by atoms with Crippen LogP contribution in [-0.4, -0.2) is 25.8 Å². The molecule has 2 aromatic heterocycles. The van der Waals surface area contributed by atoms with E-state index in [9.17, 15) is 4.79 Å². The highest BCUT2D eigenvalue weighted by atomic mass is 16.4. The second kappa shape index (κ2) is 3.97. The molecule has 1 aliphatic rings. The van der Waals surface area contributed by atoms with Crippen molar-refractivity contribution in [1.29, 1.82) is 0 Å². The molecule has 1 atom stereocenters. The van der Waals surface area contributed by atoms with Crippen molar-refractivity contribution in [2.45, 2.75) is 32.2 Å². The van der Waals surface area contributed by atoms with Crippen LogP contribution in [0.4, 0.5) is 0 Å². The van der Waals surface area contributed by atoms with Gasteiger partial charge >= 0.3 is 5.97 Å². The predicted octanol–water partition coefficient (Wildman–Crippen LogP) is 1.81. The van der Waals surface area contributed by atoms with Gasteiger partial charge < -0.3 is 14.1 Å². The Bertz CT molecular complexity index is 599. The number of rotatable bonds is 2. The third kappa shape index (κ3) is 1.61. The SMILES string of the molecule is Cc1ccc(-c2nnc3n2CCCC3C(=O)O)o1. The summed E-state index contributed by atoms with van der Waals surface area (Å²) in [5, 5.41) is 17.3. The van der Waals surface area contributed by atoms with Gasteiger partial charge in [-0.15, -0.1) is 10.2 Å². The number of hydrogen-bond acceptors (Lipinski definition) is 4. The maximum atomic E-state index is 11.2. The summed E-state index contributed by atoms with van der Waals surface area (Å²) in [4.78, 5) is 11.2. The van der Waals surface area contributed by atoms with Crippen molar-refractivity contribution in [2.75, 3.05) is 0 Å². The Hall–Kier alpha value is -2.11. The number of carbonyl (C=O) groups is 1. The third-order valence-electron chi connectivity index (χ3n) is 3.22. The van der Waals surface area contributed by atoms with E-state index < -0.39 is 11.9 Å². The van der Waals surface area contributed by atoms with Crippen LogP contribution < -0.4 is 0 Å². The zero-order chi connectivity index (χ0) is 12.7. The molecule has 0 bridgehead atoms. The van der Waals surface area contributed by atoms with Crippen LogP contribution in [0.15, 0.2) is 16.5 Å². The summed E-state index contributed by atoms with van der Waals surface area (Å²) in [7, 11) is 0. The molecule has 94 valence electrons. The summed E-state index contributed by atoms with van der Waals surface area (Å²) >= 11 is 0. The summed E-state index contributed by atoms with van der Waals surface area (Å²) in [5.41, 5.74) is 0. The summed E-state index contributed by atoms with van der Waals surface area (Å²) in [6, 6.07) is 3.69. The fourth-order valence-corrected chi connectivity index (χ4v) is 2.35. The number of carboxylic acids is 1. The molecule has 0 aliphatic carbocycles. The number of aryl methyl sites for hydroxylation is 1. The number of furan rings is 1. The molecule has 6 nitrogen and oxygen atoms in total. The van der Waals surface area contributed by atoms with E-state index in [1.165, 1.54) is 0 Å². The minimum Gasteiger partial charge on any atom is -0.481 e. The standard InChI is InChI=1S/C12H13N3O3/c1-7-4-5-9(18-7)11-14-13-10-8(12(16)17)3-2-6-15(10)11/h4-5,8H,2-3,6H2,1H3,(H,16,17). The molecule has 0 aromatic carbocycles. The zero-order valence-electron chi connectivity index (χ0n) is 9.96. The number of carboxylic acid groups (broad SMARTS) is 1. The fraction of sp³-hybridized carbons (Fsp3) is 0.417. The fourth-order valence-electron chi connectivity index (χ4n) is 2.35. The van der Waals surface area contributed by atoms with Crippen molar-refractivity contribution >= 4 is 5.97 Å². The van der Waals surface area contributed by atoms with Gasteiger partial charge in [-0.1, -0.05) is 0 Å². The lowest BCUT2D eigenvalue weighted by molar-refractivity contribution is -0.139. The first-order valence-corrected chi connectivity index (χ1v) is 5.89. The second-order valence-electron chi connectivity index (χ2n) is 4.48. The van der Waals surface area contributed by atoms with Gasteiger partial charge in [-0.3, -0.25) is 4.79 Å². The van der Waals surface area contributed by atoms with E-state index >= 15 is 0 Å². The quantitative estimate of drug-likeness (QED) is 0.875. The first kappa shape index (κ1) is 11.0. The van der Waals surface area contributed by atoms with Gasteiger partial charge in [0.1, 0.15) is 17.5 Å². The molecule has 1 N–H and O–H groups in total. The molecule has 6 heteroatoms. The van der Waals surface area contributed by atoms with Crippen molar-refractivity contribution in [3.63, 3.8) is 0 Å². The maximum absolute atomic E-state index is 11.2. The second-order valence-corrected chi connectivity index (χ2v) is 4.48. The molecule has 0 amide bonds. The number of fused-ring (bicyclic) bond motifs is 1. The normalized spacial score (nSPS) is 18.6. The van der Waals surface area contributed by atoms with Gasteiger partial charge in [-0.25, -0.2) is 0 Å². The first-order chi connectivity index (χ1) is 8.66. The smallest absolute Gasteiger partial charge is 0.314 e. The monoisotopic (exact) mass is 247 g/mol. The van der Waals surface area contributed by atoms with Crippen LogP contribution in [0, 0.1) is 6.92 Å². The van der Waals surface area contributed by atoms with Crippen molar-refractivity contribution in [3.05, 3.63) is 23.7 Å². The molecule has 0 saturated heterocycles. The highest BCUT2D eigenvalue weighted by molar-refractivity contribution is 5.75. The molecule has 3 heterocycles. The number of hydrogen-bond donors (Lipinski definition) is 1. The van der Waals surface area contributed by atoms with Gasteiger partial charge in [-0.2, -0.15) is 0 Å². The highest BCUT2D eigenvalue weighted by Gasteiger charge is 2.31. The minimum absolute atomic E-state index is 0.526. The Labute approximate surface area is 103 Å². The van der Waals surface area contributed by atoms with Crippen LogP contribution >= 0.6 is 0 Å². The van der Waals surface area contributed by atoms with Crippen LogP contribution in [0.5, 0.6) is 0 Å². The summed E-state index contributed by atoms with van der Waals surface area (Å²) < 4.78 is 7.37. The largest absolute Gasteiger partial charge is 0.481 e. The number of aromatic nitrogens is 3. The Balaban J connectivity index is 2.07. The van der Waals surface area contributed by atoms with Crippen LogP contribution in [0.3, 0.4) is 0 Å². The summed E-state index contributed by atoms with van der Waals surface area (Å²) in [5.74, 6) is 1.17. The molecule has 3 rings (SSSR count). The molecule has 0 radical (unpaired) electrons. The first-order valence-electron chi connectivity index (χ1n) is 5.89. The van der Waals surface area contributed by atoms with Crippen molar-refractivity contribution < 1.29 is 14.3 Å². The van der Waals surface area contributed by atoms with Crippen LogP contribution in [-0.2, 0) is 11.3 Å². The maximum Gasteiger partial charge on any atom is 0.314 e. The molecule has 0 saturated carbocycles. The van der Waals surface area contributed by atoms with E-state index in [4.69, 9.17) is 9.52 Å². The van der Waals surface area contributed by atoms with E-state index in [1.54, 1.807) is 0 Å². The topological polar surface area (TPSA) is 81.2 Å². The van der Waals surface area contributed by atoms with Crippen molar-refractivity contribution in [2.24, 2.45) is 0 Å². The average Bonchev–Trinajstić information content (AvgIpc) is 2.93. The minimum atomic E-state index is -0.842. The molecule has 1 aliphatic heterocycles. The van der Waals surface area contributed by atoms with E-state index in [0.717, 1.165) is 18.7 Å². The summed E-state index contributed by atoms with van der Waals surface area (Å²) in [6.07, 6.45) is 1.43.